The minimum Gasteiger partial charge on any atom is -0.385 e. The van der Waals surface area contributed by atoms with Gasteiger partial charge in [0.15, 0.2) is 0 Å². The number of hydrogen-bond acceptors (Lipinski definition) is 4. The first-order valence-corrected chi connectivity index (χ1v) is 12.8. The zero-order valence-electron chi connectivity index (χ0n) is 21.1. The van der Waals surface area contributed by atoms with Crippen LogP contribution in [0.15, 0.2) is 48.5 Å². The van der Waals surface area contributed by atoms with E-state index in [1.54, 1.807) is 36.1 Å². The van der Waals surface area contributed by atoms with Gasteiger partial charge in [-0.05, 0) is 30.7 Å². The summed E-state index contributed by atoms with van der Waals surface area (Å²) in [6.07, 6.45) is 0.534. The molecule has 3 amide bonds. The van der Waals surface area contributed by atoms with Gasteiger partial charge in [0.2, 0.25) is 5.91 Å². The molecule has 0 fully saturated rings. The Balaban J connectivity index is 1.83. The number of hydrogen-bond donors (Lipinski definition) is 2. The number of rotatable bonds is 9. The van der Waals surface area contributed by atoms with Crippen LogP contribution in [0.4, 0.5) is 16.3 Å². The Morgan fingerprint density at radius 3 is 2.41 bits per heavy atom. The summed E-state index contributed by atoms with van der Waals surface area (Å²) in [6, 6.07) is 13.5. The van der Waals surface area contributed by atoms with E-state index in [0.29, 0.717) is 40.3 Å². The quantitative estimate of drug-likeness (QED) is 0.284. The highest BCUT2D eigenvalue weighted by atomic mass is 35.5. The molecular formula is C26H30Cl3N5O3. The predicted molar refractivity (Wildman–Crippen MR) is 149 cm³/mol. The molecule has 0 aliphatic heterocycles. The topological polar surface area (TPSA) is 88.5 Å². The molecule has 1 heterocycles. The number of carbonyl (C=O) groups is 2. The molecular weight excluding hydrogens is 537 g/mol. The van der Waals surface area contributed by atoms with Gasteiger partial charge in [0.05, 0.1) is 32.1 Å². The predicted octanol–water partition coefficient (Wildman–Crippen LogP) is 6.64. The maximum atomic E-state index is 13.2. The number of nitrogens with one attached hydrogen (secondary N) is 2. The number of anilines is 2. The van der Waals surface area contributed by atoms with Crippen molar-refractivity contribution in [3.05, 3.63) is 69.3 Å². The molecule has 0 saturated carbocycles. The second-order valence-electron chi connectivity index (χ2n) is 9.38. The summed E-state index contributed by atoms with van der Waals surface area (Å²) in [7, 11) is 1.57. The molecule has 37 heavy (non-hydrogen) atoms. The van der Waals surface area contributed by atoms with Crippen molar-refractivity contribution >= 4 is 58.2 Å². The Morgan fingerprint density at radius 1 is 1.03 bits per heavy atom. The minimum absolute atomic E-state index is 0.216. The molecule has 11 heteroatoms. The van der Waals surface area contributed by atoms with Crippen LogP contribution in [0.2, 0.25) is 15.1 Å². The van der Waals surface area contributed by atoms with Crippen molar-refractivity contribution in [2.24, 2.45) is 0 Å². The van der Waals surface area contributed by atoms with Crippen LogP contribution in [0.25, 0.3) is 5.69 Å². The maximum Gasteiger partial charge on any atom is 0.322 e. The fourth-order valence-corrected chi connectivity index (χ4v) is 4.01. The molecule has 2 N–H and O–H groups in total. The Hall–Kier alpha value is -2.78. The molecule has 8 nitrogen and oxygen atoms in total. The van der Waals surface area contributed by atoms with E-state index in [0.717, 1.165) is 5.69 Å². The zero-order chi connectivity index (χ0) is 27.2. The first-order valence-electron chi connectivity index (χ1n) is 11.7. The van der Waals surface area contributed by atoms with Crippen molar-refractivity contribution in [1.82, 2.24) is 14.7 Å². The Kier molecular flexibility index (Phi) is 9.84. The number of carbonyl (C=O) groups excluding carboxylic acids is 2. The Bertz CT molecular complexity index is 1260. The fraction of sp³-hybridized carbons (Fsp3) is 0.346. The summed E-state index contributed by atoms with van der Waals surface area (Å²) in [5, 5.41) is 11.3. The van der Waals surface area contributed by atoms with Gasteiger partial charge >= 0.3 is 6.03 Å². The lowest BCUT2D eigenvalue weighted by atomic mass is 9.92. The summed E-state index contributed by atoms with van der Waals surface area (Å²) in [5.41, 5.74) is 1.48. The number of amides is 3. The van der Waals surface area contributed by atoms with E-state index >= 15 is 0 Å². The van der Waals surface area contributed by atoms with Crippen LogP contribution < -0.4 is 10.6 Å². The lowest BCUT2D eigenvalue weighted by Gasteiger charge is -2.23. The average Bonchev–Trinajstić information content (AvgIpc) is 3.25. The number of methoxy groups -OCH3 is 1. The number of aromatic nitrogens is 2. The van der Waals surface area contributed by atoms with Gasteiger partial charge in [-0.2, -0.15) is 5.10 Å². The Morgan fingerprint density at radius 2 is 1.73 bits per heavy atom. The highest BCUT2D eigenvalue weighted by Crippen LogP contribution is 2.30. The van der Waals surface area contributed by atoms with Crippen LogP contribution in [0.3, 0.4) is 0 Å². The smallest absolute Gasteiger partial charge is 0.322 e. The molecule has 0 atom stereocenters. The molecule has 0 spiro atoms. The molecule has 0 saturated heterocycles. The molecule has 198 valence electrons. The van der Waals surface area contributed by atoms with E-state index in [-0.39, 0.29) is 23.5 Å². The van der Waals surface area contributed by atoms with E-state index in [4.69, 9.17) is 44.6 Å². The molecule has 3 rings (SSSR count). The van der Waals surface area contributed by atoms with Gasteiger partial charge in [-0.1, -0.05) is 73.8 Å². The SMILES string of the molecule is COCCCN(CC(=O)Nc1cc(C(C)(C)C)nn1-c1ccccc1Cl)C(=O)Nc1cccc(Cl)c1Cl. The summed E-state index contributed by atoms with van der Waals surface area (Å²) >= 11 is 18.7. The normalized spacial score (nSPS) is 11.3. The molecule has 1 aromatic heterocycles. The molecule has 0 aliphatic rings. The Labute approximate surface area is 231 Å². The fourth-order valence-electron chi connectivity index (χ4n) is 3.45. The number of benzene rings is 2. The van der Waals surface area contributed by atoms with Crippen molar-refractivity contribution in [1.29, 1.82) is 0 Å². The summed E-state index contributed by atoms with van der Waals surface area (Å²) in [5.74, 6) is 0.0385. The van der Waals surface area contributed by atoms with Crippen molar-refractivity contribution in [2.45, 2.75) is 32.6 Å². The third-order valence-corrected chi connectivity index (χ3v) is 6.56. The van der Waals surface area contributed by atoms with E-state index < -0.39 is 11.9 Å². The van der Waals surface area contributed by atoms with Gasteiger partial charge in [-0.15, -0.1) is 0 Å². The van der Waals surface area contributed by atoms with Crippen LogP contribution >= 0.6 is 34.8 Å². The van der Waals surface area contributed by atoms with E-state index in [1.807, 2.05) is 45.0 Å². The largest absolute Gasteiger partial charge is 0.385 e. The van der Waals surface area contributed by atoms with Gasteiger partial charge in [0.1, 0.15) is 12.4 Å². The van der Waals surface area contributed by atoms with E-state index in [9.17, 15) is 9.59 Å². The van der Waals surface area contributed by atoms with Crippen molar-refractivity contribution in [3.8, 4) is 5.69 Å². The number of nitrogens with zero attached hydrogens (tertiary/aromatic N) is 3. The van der Waals surface area contributed by atoms with Gasteiger partial charge in [-0.25, -0.2) is 9.48 Å². The third-order valence-electron chi connectivity index (χ3n) is 5.42. The van der Waals surface area contributed by atoms with Gasteiger partial charge in [0.25, 0.3) is 0 Å². The molecule has 0 aliphatic carbocycles. The molecule has 3 aromatic rings. The van der Waals surface area contributed by atoms with Gasteiger partial charge in [-0.3, -0.25) is 4.79 Å². The molecule has 0 radical (unpaired) electrons. The van der Waals surface area contributed by atoms with Crippen LogP contribution in [0.5, 0.6) is 0 Å². The van der Waals surface area contributed by atoms with Crippen LogP contribution in [0.1, 0.15) is 32.9 Å². The number of halogens is 3. The second kappa shape index (κ2) is 12.6. The lowest BCUT2D eigenvalue weighted by molar-refractivity contribution is -0.116. The monoisotopic (exact) mass is 565 g/mol. The first kappa shape index (κ1) is 28.8. The zero-order valence-corrected chi connectivity index (χ0v) is 23.4. The van der Waals surface area contributed by atoms with Gasteiger partial charge in [0, 0.05) is 31.7 Å². The number of ether oxygens (including phenoxy) is 1. The molecule has 0 unspecified atom stereocenters. The van der Waals surface area contributed by atoms with Crippen molar-refractivity contribution in [2.75, 3.05) is 37.4 Å². The van der Waals surface area contributed by atoms with Crippen molar-refractivity contribution in [3.63, 3.8) is 0 Å². The highest BCUT2D eigenvalue weighted by molar-refractivity contribution is 6.44. The van der Waals surface area contributed by atoms with Gasteiger partial charge < -0.3 is 20.3 Å². The van der Waals surface area contributed by atoms with Crippen LogP contribution in [-0.4, -0.2) is 53.4 Å². The minimum atomic E-state index is -0.495. The number of urea groups is 1. The van der Waals surface area contributed by atoms with E-state index in [2.05, 4.69) is 10.6 Å². The van der Waals surface area contributed by atoms with Crippen LogP contribution in [0, 0.1) is 0 Å². The second-order valence-corrected chi connectivity index (χ2v) is 10.6. The lowest BCUT2D eigenvalue weighted by Crippen LogP contribution is -2.41. The standard InChI is InChI=1S/C26H30Cl3N5O3/c1-26(2,3)21-15-22(34(32-21)20-12-6-5-9-17(20)27)31-23(35)16-33(13-8-14-37-4)25(36)30-19-11-7-10-18(28)24(19)29/h5-7,9-12,15H,8,13-14,16H2,1-4H3,(H,30,36)(H,31,35). The average molecular weight is 567 g/mol. The summed E-state index contributed by atoms with van der Waals surface area (Å²) < 4.78 is 6.71. The van der Waals surface area contributed by atoms with Crippen LogP contribution in [-0.2, 0) is 14.9 Å². The summed E-state index contributed by atoms with van der Waals surface area (Å²) in [6.45, 7) is 6.58. The first-order chi connectivity index (χ1) is 17.5. The number of para-hydroxylation sites is 1. The maximum absolute atomic E-state index is 13.2. The third kappa shape index (κ3) is 7.61. The highest BCUT2D eigenvalue weighted by Gasteiger charge is 2.24. The molecule has 0 bridgehead atoms. The summed E-state index contributed by atoms with van der Waals surface area (Å²) in [4.78, 5) is 27.6. The van der Waals surface area contributed by atoms with Crippen molar-refractivity contribution < 1.29 is 14.3 Å². The van der Waals surface area contributed by atoms with E-state index in [1.165, 1.54) is 4.90 Å². The molecule has 2 aromatic carbocycles.